The molecule has 5 nitrogen and oxygen atoms in total. The number of amides is 1. The van der Waals surface area contributed by atoms with E-state index in [2.05, 4.69) is 13.0 Å². The van der Waals surface area contributed by atoms with Crippen LogP contribution in [0, 0.1) is 11.3 Å². The molecule has 136 valence electrons. The lowest BCUT2D eigenvalue weighted by Crippen LogP contribution is -2.43. The van der Waals surface area contributed by atoms with E-state index in [9.17, 15) is 10.1 Å². The zero-order valence-corrected chi connectivity index (χ0v) is 15.7. The van der Waals surface area contributed by atoms with Crippen LogP contribution in [-0.2, 0) is 17.8 Å². The highest BCUT2D eigenvalue weighted by Gasteiger charge is 2.25. The van der Waals surface area contributed by atoms with Crippen LogP contribution in [0.2, 0.25) is 5.02 Å². The molecule has 1 aromatic heterocycles. The quantitative estimate of drug-likeness (QED) is 0.893. The van der Waals surface area contributed by atoms with Crippen molar-refractivity contribution in [2.75, 3.05) is 12.3 Å². The number of piperidine rings is 1. The molecule has 1 atom stereocenters. The van der Waals surface area contributed by atoms with Crippen LogP contribution in [0.25, 0.3) is 0 Å². The van der Waals surface area contributed by atoms with Gasteiger partial charge in [-0.3, -0.25) is 4.79 Å². The molecule has 1 amide bonds. The van der Waals surface area contributed by atoms with Gasteiger partial charge in [0, 0.05) is 29.7 Å². The van der Waals surface area contributed by atoms with Crippen LogP contribution in [0.3, 0.4) is 0 Å². The Balaban J connectivity index is 1.86. The second-order valence-corrected chi connectivity index (χ2v) is 7.30. The highest BCUT2D eigenvalue weighted by Crippen LogP contribution is 2.24. The fraction of sp³-hybridized carbons (Fsp3) is 0.400. The molecule has 0 bridgehead atoms. The summed E-state index contributed by atoms with van der Waals surface area (Å²) in [4.78, 5) is 14.8. The van der Waals surface area contributed by atoms with E-state index in [1.54, 1.807) is 10.6 Å². The molecule has 0 aliphatic carbocycles. The van der Waals surface area contributed by atoms with E-state index in [0.717, 1.165) is 37.1 Å². The van der Waals surface area contributed by atoms with Crippen molar-refractivity contribution in [1.82, 2.24) is 9.47 Å². The molecular formula is C20H23ClN4O. The molecule has 0 saturated carbocycles. The molecule has 1 saturated heterocycles. The number of rotatable bonds is 4. The maximum Gasteiger partial charge on any atom is 0.242 e. The molecule has 3 rings (SSSR count). The van der Waals surface area contributed by atoms with Crippen LogP contribution in [0.4, 0.5) is 5.69 Å². The number of carbonyl (C=O) groups is 1. The summed E-state index contributed by atoms with van der Waals surface area (Å²) in [6.45, 7) is 3.01. The Kier molecular flexibility index (Phi) is 5.53. The van der Waals surface area contributed by atoms with E-state index in [1.165, 1.54) is 0 Å². The van der Waals surface area contributed by atoms with E-state index < -0.39 is 0 Å². The molecule has 1 unspecified atom stereocenters. The number of likely N-dealkylation sites (tertiary alicyclic amines) is 1. The van der Waals surface area contributed by atoms with Crippen molar-refractivity contribution in [3.8, 4) is 6.07 Å². The Labute approximate surface area is 159 Å². The van der Waals surface area contributed by atoms with Gasteiger partial charge in [-0.05, 0) is 49.9 Å². The average molecular weight is 371 g/mol. The van der Waals surface area contributed by atoms with Gasteiger partial charge in [0.25, 0.3) is 0 Å². The van der Waals surface area contributed by atoms with Gasteiger partial charge < -0.3 is 15.2 Å². The SMILES string of the molecule is CC1CCCCN1C(=O)Cn1c(C#N)cc(N)c1Cc1ccc(Cl)cc1. The maximum atomic E-state index is 12.8. The summed E-state index contributed by atoms with van der Waals surface area (Å²) in [5.74, 6) is 0.0432. The molecule has 2 aromatic rings. The summed E-state index contributed by atoms with van der Waals surface area (Å²) in [6.07, 6.45) is 3.77. The molecule has 1 aromatic carbocycles. The number of nitrogens with two attached hydrogens (primary N) is 1. The number of benzene rings is 1. The third-order valence-corrected chi connectivity index (χ3v) is 5.31. The highest BCUT2D eigenvalue weighted by molar-refractivity contribution is 6.30. The number of halogens is 1. The Morgan fingerprint density at radius 3 is 2.73 bits per heavy atom. The topological polar surface area (TPSA) is 75.0 Å². The monoisotopic (exact) mass is 370 g/mol. The lowest BCUT2D eigenvalue weighted by molar-refractivity contribution is -0.135. The van der Waals surface area contributed by atoms with Crippen molar-refractivity contribution in [2.24, 2.45) is 0 Å². The number of hydrogen-bond donors (Lipinski definition) is 1. The molecule has 2 heterocycles. The number of anilines is 1. The van der Waals surface area contributed by atoms with Crippen molar-refractivity contribution in [2.45, 2.75) is 45.2 Å². The Bertz CT molecular complexity index is 835. The van der Waals surface area contributed by atoms with E-state index >= 15 is 0 Å². The second-order valence-electron chi connectivity index (χ2n) is 6.86. The minimum absolute atomic E-state index is 0.0432. The zero-order chi connectivity index (χ0) is 18.7. The highest BCUT2D eigenvalue weighted by atomic mass is 35.5. The van der Waals surface area contributed by atoms with Gasteiger partial charge in [-0.2, -0.15) is 5.26 Å². The van der Waals surface area contributed by atoms with Crippen LogP contribution in [0.1, 0.15) is 43.1 Å². The molecular weight excluding hydrogens is 348 g/mol. The minimum Gasteiger partial charge on any atom is -0.397 e. The average Bonchev–Trinajstić information content (AvgIpc) is 2.92. The smallest absolute Gasteiger partial charge is 0.242 e. The molecule has 0 spiro atoms. The fourth-order valence-corrected chi connectivity index (χ4v) is 3.70. The predicted molar refractivity (Wildman–Crippen MR) is 103 cm³/mol. The number of hydrogen-bond acceptors (Lipinski definition) is 3. The van der Waals surface area contributed by atoms with Crippen molar-refractivity contribution in [1.29, 1.82) is 5.26 Å². The summed E-state index contributed by atoms with van der Waals surface area (Å²) < 4.78 is 1.76. The number of carbonyl (C=O) groups excluding carboxylic acids is 1. The van der Waals surface area contributed by atoms with Gasteiger partial charge in [0.2, 0.25) is 5.91 Å². The summed E-state index contributed by atoms with van der Waals surface area (Å²) in [7, 11) is 0. The lowest BCUT2D eigenvalue weighted by Gasteiger charge is -2.33. The van der Waals surface area contributed by atoms with Crippen molar-refractivity contribution >= 4 is 23.2 Å². The summed E-state index contributed by atoms with van der Waals surface area (Å²) >= 11 is 5.95. The molecule has 1 aliphatic heterocycles. The van der Waals surface area contributed by atoms with Gasteiger partial charge >= 0.3 is 0 Å². The molecule has 26 heavy (non-hydrogen) atoms. The van der Waals surface area contributed by atoms with Gasteiger partial charge in [-0.25, -0.2) is 0 Å². The zero-order valence-electron chi connectivity index (χ0n) is 14.9. The third-order valence-electron chi connectivity index (χ3n) is 5.06. The predicted octanol–water partition coefficient (Wildman–Crippen LogP) is 3.59. The minimum atomic E-state index is 0.0432. The van der Waals surface area contributed by atoms with Crippen molar-refractivity contribution in [3.63, 3.8) is 0 Å². The van der Waals surface area contributed by atoms with Crippen LogP contribution < -0.4 is 5.73 Å². The molecule has 2 N–H and O–H groups in total. The van der Waals surface area contributed by atoms with E-state index in [0.29, 0.717) is 22.8 Å². The standard InChI is InChI=1S/C20H23ClN4O/c1-14-4-2-3-9-24(14)20(26)13-25-17(12-22)11-18(23)19(25)10-15-5-7-16(21)8-6-15/h5-8,11,14H,2-4,9-10,13,23H2,1H3. The molecule has 0 radical (unpaired) electrons. The Morgan fingerprint density at radius 1 is 1.35 bits per heavy atom. The van der Waals surface area contributed by atoms with Gasteiger partial charge in [0.05, 0.1) is 5.69 Å². The number of nitrogens with zero attached hydrogens (tertiary/aromatic N) is 3. The number of nitrogen functional groups attached to an aromatic ring is 1. The van der Waals surface area contributed by atoms with E-state index in [-0.39, 0.29) is 18.5 Å². The van der Waals surface area contributed by atoms with Crippen molar-refractivity contribution < 1.29 is 4.79 Å². The van der Waals surface area contributed by atoms with Crippen LogP contribution >= 0.6 is 11.6 Å². The van der Waals surface area contributed by atoms with E-state index in [4.69, 9.17) is 17.3 Å². The largest absolute Gasteiger partial charge is 0.397 e. The van der Waals surface area contributed by atoms with Crippen LogP contribution in [-0.4, -0.2) is 28.0 Å². The van der Waals surface area contributed by atoms with Crippen LogP contribution in [0.15, 0.2) is 30.3 Å². The van der Waals surface area contributed by atoms with Crippen molar-refractivity contribution in [3.05, 3.63) is 52.3 Å². The maximum absolute atomic E-state index is 12.8. The Hall–Kier alpha value is -2.45. The summed E-state index contributed by atoms with van der Waals surface area (Å²) in [6, 6.07) is 11.6. The molecule has 6 heteroatoms. The summed E-state index contributed by atoms with van der Waals surface area (Å²) in [5.41, 5.74) is 8.94. The fourth-order valence-electron chi connectivity index (χ4n) is 3.57. The first-order valence-corrected chi connectivity index (χ1v) is 9.29. The lowest BCUT2D eigenvalue weighted by atomic mass is 10.0. The normalized spacial score (nSPS) is 17.1. The first-order valence-electron chi connectivity index (χ1n) is 8.91. The first kappa shape index (κ1) is 18.3. The summed E-state index contributed by atoms with van der Waals surface area (Å²) in [5, 5.41) is 10.1. The van der Waals surface area contributed by atoms with E-state index in [1.807, 2.05) is 29.2 Å². The van der Waals surface area contributed by atoms with Gasteiger partial charge in [0.15, 0.2) is 0 Å². The third kappa shape index (κ3) is 3.86. The Morgan fingerprint density at radius 2 is 2.08 bits per heavy atom. The second kappa shape index (κ2) is 7.84. The van der Waals surface area contributed by atoms with Gasteiger partial charge in [-0.1, -0.05) is 23.7 Å². The number of aromatic nitrogens is 1. The van der Waals surface area contributed by atoms with Crippen LogP contribution in [0.5, 0.6) is 0 Å². The molecule has 1 aliphatic rings. The first-order chi connectivity index (χ1) is 12.5. The number of nitriles is 1. The molecule has 1 fully saturated rings. The van der Waals surface area contributed by atoms with Gasteiger partial charge in [0.1, 0.15) is 18.3 Å². The van der Waals surface area contributed by atoms with Gasteiger partial charge in [-0.15, -0.1) is 0 Å².